The summed E-state index contributed by atoms with van der Waals surface area (Å²) in [4.78, 5) is 27.0. The molecule has 5 aromatic rings. The minimum Gasteiger partial charge on any atom is -0.497 e. The van der Waals surface area contributed by atoms with Crippen LogP contribution in [0.5, 0.6) is 5.75 Å². The highest BCUT2D eigenvalue weighted by Gasteiger charge is 2.28. The lowest BCUT2D eigenvalue weighted by molar-refractivity contribution is -0.137. The Hall–Kier alpha value is -4.72. The Kier molecular flexibility index (Phi) is 6.09. The van der Waals surface area contributed by atoms with Crippen molar-refractivity contribution in [2.24, 2.45) is 0 Å². The second-order valence-corrected chi connectivity index (χ2v) is 7.93. The second kappa shape index (κ2) is 9.64. The molecule has 0 saturated carbocycles. The summed E-state index contributed by atoms with van der Waals surface area (Å²) >= 11 is 0. The number of aliphatic carboxylic acids is 1. The highest BCUT2D eigenvalue weighted by molar-refractivity contribution is 5.87. The first-order valence-corrected chi connectivity index (χ1v) is 11.1. The van der Waals surface area contributed by atoms with Crippen LogP contribution in [0, 0.1) is 0 Å². The van der Waals surface area contributed by atoms with Crippen LogP contribution in [-0.4, -0.2) is 37.7 Å². The number of fused-ring (bicyclic) bond motifs is 1. The quantitative estimate of drug-likeness (QED) is 0.350. The topological polar surface area (TPSA) is 93.4 Å². The zero-order valence-corrected chi connectivity index (χ0v) is 19.0. The molecule has 0 unspecified atom stereocenters. The number of hydrogen-bond donors (Lipinski definition) is 1. The number of carbonyl (C=O) groups is 1. The lowest BCUT2D eigenvalue weighted by Gasteiger charge is -2.34. The van der Waals surface area contributed by atoms with Crippen LogP contribution >= 0.6 is 0 Å². The fourth-order valence-corrected chi connectivity index (χ4v) is 4.20. The maximum absolute atomic E-state index is 11.4. The molecule has 0 amide bonds. The minimum absolute atomic E-state index is 0.240. The van der Waals surface area contributed by atoms with Gasteiger partial charge in [0.05, 0.1) is 19.5 Å². The molecule has 1 N–H and O–H groups in total. The highest BCUT2D eigenvalue weighted by atomic mass is 16.5. The van der Waals surface area contributed by atoms with E-state index in [0.29, 0.717) is 17.0 Å². The molecule has 3 aromatic carbocycles. The minimum atomic E-state index is -0.970. The fraction of sp³-hybridized carbons (Fsp3) is 0.111. The SMILES string of the molecule is COc1ccc(N(c2ncnc3c2ncn3CC(=O)O)C(c2ccccc2)c2ccccc2)cc1. The molecule has 0 aliphatic rings. The summed E-state index contributed by atoms with van der Waals surface area (Å²) in [5.41, 5.74) is 3.96. The van der Waals surface area contributed by atoms with Gasteiger partial charge in [0.15, 0.2) is 17.0 Å². The van der Waals surface area contributed by atoms with Crippen molar-refractivity contribution in [1.82, 2.24) is 19.5 Å². The van der Waals surface area contributed by atoms with Gasteiger partial charge in [0.2, 0.25) is 0 Å². The molecule has 0 aliphatic heterocycles. The third-order valence-electron chi connectivity index (χ3n) is 5.76. The van der Waals surface area contributed by atoms with Crippen LogP contribution in [0.2, 0.25) is 0 Å². The van der Waals surface area contributed by atoms with Crippen molar-refractivity contribution < 1.29 is 14.6 Å². The average Bonchev–Trinajstić information content (AvgIpc) is 3.31. The molecule has 2 heterocycles. The largest absolute Gasteiger partial charge is 0.497 e. The van der Waals surface area contributed by atoms with E-state index in [1.54, 1.807) is 7.11 Å². The van der Waals surface area contributed by atoms with Crippen molar-refractivity contribution in [3.05, 3.63) is 109 Å². The summed E-state index contributed by atoms with van der Waals surface area (Å²) in [7, 11) is 1.63. The van der Waals surface area contributed by atoms with Crippen LogP contribution < -0.4 is 9.64 Å². The monoisotopic (exact) mass is 465 g/mol. The van der Waals surface area contributed by atoms with Gasteiger partial charge in [-0.15, -0.1) is 0 Å². The molecule has 0 aliphatic carbocycles. The molecule has 0 radical (unpaired) electrons. The van der Waals surface area contributed by atoms with Gasteiger partial charge in [-0.3, -0.25) is 4.79 Å². The Morgan fingerprint density at radius 3 is 2.11 bits per heavy atom. The van der Waals surface area contributed by atoms with Gasteiger partial charge in [-0.05, 0) is 35.4 Å². The van der Waals surface area contributed by atoms with Gasteiger partial charge in [-0.1, -0.05) is 60.7 Å². The first kappa shape index (κ1) is 22.1. The Balaban J connectivity index is 1.76. The van der Waals surface area contributed by atoms with E-state index in [1.165, 1.54) is 17.2 Å². The van der Waals surface area contributed by atoms with Crippen LogP contribution in [0.15, 0.2) is 97.6 Å². The summed E-state index contributed by atoms with van der Waals surface area (Å²) in [6.07, 6.45) is 2.93. The molecule has 0 bridgehead atoms. The summed E-state index contributed by atoms with van der Waals surface area (Å²) in [5, 5.41) is 9.32. The molecule has 35 heavy (non-hydrogen) atoms. The van der Waals surface area contributed by atoms with Gasteiger partial charge < -0.3 is 19.3 Å². The average molecular weight is 466 g/mol. The zero-order valence-electron chi connectivity index (χ0n) is 19.0. The van der Waals surface area contributed by atoms with Crippen LogP contribution in [0.1, 0.15) is 17.2 Å². The Labute approximate surface area is 202 Å². The van der Waals surface area contributed by atoms with Crippen LogP contribution in [-0.2, 0) is 11.3 Å². The first-order chi connectivity index (χ1) is 17.2. The number of carboxylic acids is 1. The van der Waals surface area contributed by atoms with E-state index >= 15 is 0 Å². The summed E-state index contributed by atoms with van der Waals surface area (Å²) in [6.45, 7) is -0.240. The number of methoxy groups -OCH3 is 1. The number of ether oxygens (including phenoxy) is 1. The number of imidazole rings is 1. The molecule has 0 spiro atoms. The molecular formula is C27H23N5O3. The highest BCUT2D eigenvalue weighted by Crippen LogP contribution is 2.40. The zero-order chi connectivity index (χ0) is 24.2. The molecule has 5 rings (SSSR count). The van der Waals surface area contributed by atoms with E-state index in [2.05, 4.69) is 44.1 Å². The number of benzene rings is 3. The number of hydrogen-bond acceptors (Lipinski definition) is 6. The summed E-state index contributed by atoms with van der Waals surface area (Å²) < 4.78 is 6.89. The van der Waals surface area contributed by atoms with Crippen molar-refractivity contribution in [2.45, 2.75) is 12.6 Å². The van der Waals surface area contributed by atoms with E-state index in [1.807, 2.05) is 60.7 Å². The Morgan fingerprint density at radius 1 is 0.914 bits per heavy atom. The maximum Gasteiger partial charge on any atom is 0.323 e. The third kappa shape index (κ3) is 4.41. The Bertz CT molecular complexity index is 1400. The lowest BCUT2D eigenvalue weighted by Crippen LogP contribution is -2.26. The van der Waals surface area contributed by atoms with Crippen molar-refractivity contribution in [2.75, 3.05) is 12.0 Å². The van der Waals surface area contributed by atoms with E-state index < -0.39 is 5.97 Å². The molecule has 2 aromatic heterocycles. The van der Waals surface area contributed by atoms with E-state index in [4.69, 9.17) is 4.74 Å². The van der Waals surface area contributed by atoms with E-state index in [0.717, 1.165) is 22.6 Å². The molecule has 0 atom stereocenters. The molecular weight excluding hydrogens is 442 g/mol. The number of rotatable bonds is 8. The van der Waals surface area contributed by atoms with Crippen LogP contribution in [0.3, 0.4) is 0 Å². The second-order valence-electron chi connectivity index (χ2n) is 7.93. The van der Waals surface area contributed by atoms with Gasteiger partial charge in [0.1, 0.15) is 18.6 Å². The number of anilines is 2. The molecule has 0 fully saturated rings. The maximum atomic E-state index is 11.4. The number of carboxylic acid groups (broad SMARTS) is 1. The molecule has 174 valence electrons. The van der Waals surface area contributed by atoms with Gasteiger partial charge in [-0.25, -0.2) is 15.0 Å². The standard InChI is InChI=1S/C27H23N5O3/c1-35-22-14-12-21(13-15-22)32(25(19-8-4-2-5-9-19)20-10-6-3-7-11-20)27-24-26(28-17-29-27)31(18-30-24)16-23(33)34/h2-15,17-18,25H,16H2,1H3,(H,33,34). The smallest absolute Gasteiger partial charge is 0.323 e. The van der Waals surface area contributed by atoms with Crippen molar-refractivity contribution in [1.29, 1.82) is 0 Å². The first-order valence-electron chi connectivity index (χ1n) is 11.1. The molecule has 0 saturated heterocycles. The number of aromatic nitrogens is 4. The van der Waals surface area contributed by atoms with Crippen molar-refractivity contribution in [3.8, 4) is 5.75 Å². The molecule has 8 nitrogen and oxygen atoms in total. The fourth-order valence-electron chi connectivity index (χ4n) is 4.20. The van der Waals surface area contributed by atoms with Gasteiger partial charge >= 0.3 is 5.97 Å². The Morgan fingerprint density at radius 2 is 1.54 bits per heavy atom. The lowest BCUT2D eigenvalue weighted by atomic mass is 9.96. The summed E-state index contributed by atoms with van der Waals surface area (Å²) in [6, 6.07) is 27.8. The van der Waals surface area contributed by atoms with Gasteiger partial charge in [0, 0.05) is 5.69 Å². The third-order valence-corrected chi connectivity index (χ3v) is 5.76. The van der Waals surface area contributed by atoms with Gasteiger partial charge in [0.25, 0.3) is 0 Å². The van der Waals surface area contributed by atoms with Crippen molar-refractivity contribution in [3.63, 3.8) is 0 Å². The van der Waals surface area contributed by atoms with E-state index in [9.17, 15) is 9.90 Å². The number of nitrogens with zero attached hydrogens (tertiary/aromatic N) is 5. The predicted octanol–water partition coefficient (Wildman–Crippen LogP) is 4.85. The van der Waals surface area contributed by atoms with Crippen LogP contribution in [0.25, 0.3) is 11.2 Å². The predicted molar refractivity (Wildman–Crippen MR) is 133 cm³/mol. The molecule has 8 heteroatoms. The van der Waals surface area contributed by atoms with Gasteiger partial charge in [-0.2, -0.15) is 0 Å². The summed E-state index contributed by atoms with van der Waals surface area (Å²) in [5.74, 6) is 0.341. The normalized spacial score (nSPS) is 11.0. The van der Waals surface area contributed by atoms with Crippen LogP contribution in [0.4, 0.5) is 11.5 Å². The van der Waals surface area contributed by atoms with Crippen molar-refractivity contribution >= 4 is 28.6 Å². The van der Waals surface area contributed by atoms with E-state index in [-0.39, 0.29) is 12.6 Å².